The van der Waals surface area contributed by atoms with E-state index in [2.05, 4.69) is 30.8 Å². The number of aromatic nitrogens is 4. The molecule has 0 spiro atoms. The lowest BCUT2D eigenvalue weighted by atomic mass is 10.1. The standard InChI is InChI=1S/C26H18N4O4S.C19H15F2N3O3S/c31-26(18-12-17-15-29-30-25(17)27-14-18)28-13-16-8-10-19(11-9-16)35(32,33)23-7-3-5-21-20-4-1-2-6-22(20)34-24(21)23;20-14-7-15(21)9-17(8-14)28(26,27)16-4-1-12(2-5-16)10-24-19(25)13-3-6-18(22)23-11-13/h1-12,14-15H,13H2,(H,28,31)(H,27,29,30);1-9,11H,10H2,(H2,22,23)(H,24,25). The van der Waals surface area contributed by atoms with E-state index in [1.807, 2.05) is 30.3 Å². The second kappa shape index (κ2) is 17.3. The topological polar surface area (TPSA) is 220 Å². The number of nitrogens with zero attached hydrogens (tertiary/aromatic N) is 3. The third kappa shape index (κ3) is 8.97. The number of anilines is 1. The second-order valence-electron chi connectivity index (χ2n) is 14.0. The lowest BCUT2D eigenvalue weighted by Crippen LogP contribution is -2.23. The molecule has 0 unspecified atom stereocenters. The summed E-state index contributed by atoms with van der Waals surface area (Å²) in [6.45, 7) is 0.389. The average molecular weight is 886 g/mol. The monoisotopic (exact) mass is 885 g/mol. The molecular formula is C45H33F2N7O7S2. The lowest BCUT2D eigenvalue weighted by molar-refractivity contribution is 0.0942. The first-order valence-corrected chi connectivity index (χ1v) is 21.8. The number of amides is 2. The lowest BCUT2D eigenvalue weighted by Gasteiger charge is -2.08. The summed E-state index contributed by atoms with van der Waals surface area (Å²) in [7, 11) is -7.88. The Bertz CT molecular complexity index is 3380. The molecule has 4 heterocycles. The van der Waals surface area contributed by atoms with Gasteiger partial charge in [-0.15, -0.1) is 0 Å². The Kier molecular flexibility index (Phi) is 11.5. The van der Waals surface area contributed by atoms with E-state index in [9.17, 15) is 35.2 Å². The van der Waals surface area contributed by atoms with Crippen molar-refractivity contribution in [2.45, 2.75) is 32.7 Å². The van der Waals surface area contributed by atoms with Crippen LogP contribution in [-0.4, -0.2) is 48.8 Å². The van der Waals surface area contributed by atoms with Crippen LogP contribution < -0.4 is 16.4 Å². The van der Waals surface area contributed by atoms with E-state index in [4.69, 9.17) is 10.2 Å². The van der Waals surface area contributed by atoms with Crippen LogP contribution in [0.15, 0.2) is 170 Å². The molecule has 18 heteroatoms. The number of aromatic amines is 1. The Morgan fingerprint density at radius 2 is 1.22 bits per heavy atom. The Morgan fingerprint density at radius 1 is 0.619 bits per heavy atom. The predicted molar refractivity (Wildman–Crippen MR) is 229 cm³/mol. The molecular weight excluding hydrogens is 853 g/mol. The van der Waals surface area contributed by atoms with Gasteiger partial charge >= 0.3 is 0 Å². The molecule has 5 aromatic carbocycles. The Hall–Kier alpha value is -7.83. The molecule has 9 aromatic rings. The molecule has 0 fully saturated rings. The molecule has 0 radical (unpaired) electrons. The number of H-pyrrole nitrogens is 1. The van der Waals surface area contributed by atoms with E-state index < -0.39 is 36.2 Å². The molecule has 9 rings (SSSR count). The summed E-state index contributed by atoms with van der Waals surface area (Å²) in [5.41, 5.74) is 9.20. The fourth-order valence-corrected chi connectivity index (χ4v) is 9.23. The summed E-state index contributed by atoms with van der Waals surface area (Å²) < 4.78 is 84.4. The maximum atomic E-state index is 13.4. The summed E-state index contributed by atoms with van der Waals surface area (Å²) in [5.74, 6) is -2.30. The molecule has 0 bridgehead atoms. The van der Waals surface area contributed by atoms with Gasteiger partial charge in [0.25, 0.3) is 11.8 Å². The van der Waals surface area contributed by atoms with Crippen LogP contribution in [-0.2, 0) is 32.8 Å². The first-order chi connectivity index (χ1) is 30.3. The van der Waals surface area contributed by atoms with E-state index in [1.54, 1.807) is 36.5 Å². The van der Waals surface area contributed by atoms with Gasteiger partial charge in [-0.1, -0.05) is 54.6 Å². The molecule has 0 atom stereocenters. The van der Waals surface area contributed by atoms with Gasteiger partial charge in [0.05, 0.1) is 32.0 Å². The molecule has 5 N–H and O–H groups in total. The van der Waals surface area contributed by atoms with Crippen LogP contribution in [0.5, 0.6) is 0 Å². The highest BCUT2D eigenvalue weighted by Crippen LogP contribution is 2.35. The van der Waals surface area contributed by atoms with E-state index in [1.165, 1.54) is 60.9 Å². The number of furan rings is 1. The van der Waals surface area contributed by atoms with Gasteiger partial charge in [0, 0.05) is 47.7 Å². The summed E-state index contributed by atoms with van der Waals surface area (Å²) in [4.78, 5) is 32.2. The number of rotatable bonds is 10. The first-order valence-electron chi connectivity index (χ1n) is 18.9. The Balaban J connectivity index is 0.000000178. The molecule has 0 aliphatic heterocycles. The zero-order valence-corrected chi connectivity index (χ0v) is 34.3. The fourth-order valence-electron chi connectivity index (χ4n) is 6.52. The number of hydrogen-bond acceptors (Lipinski definition) is 11. The van der Waals surface area contributed by atoms with Crippen molar-refractivity contribution >= 4 is 70.3 Å². The number of fused-ring (bicyclic) bond motifs is 4. The zero-order valence-electron chi connectivity index (χ0n) is 32.6. The minimum absolute atomic E-state index is 0.115. The van der Waals surface area contributed by atoms with Gasteiger partial charge in [0.1, 0.15) is 27.9 Å². The molecule has 0 aliphatic rings. The van der Waals surface area contributed by atoms with Gasteiger partial charge in [0.2, 0.25) is 19.7 Å². The van der Waals surface area contributed by atoms with Crippen LogP contribution in [0.25, 0.3) is 33.0 Å². The van der Waals surface area contributed by atoms with Crippen LogP contribution in [0, 0.1) is 11.6 Å². The third-order valence-electron chi connectivity index (χ3n) is 9.78. The van der Waals surface area contributed by atoms with Crippen molar-refractivity contribution in [1.82, 2.24) is 30.8 Å². The van der Waals surface area contributed by atoms with Crippen molar-refractivity contribution in [3.63, 3.8) is 0 Å². The first kappa shape index (κ1) is 41.9. The van der Waals surface area contributed by atoms with Crippen LogP contribution in [0.4, 0.5) is 14.6 Å². The number of halogens is 2. The van der Waals surface area contributed by atoms with Gasteiger partial charge in [-0.05, 0) is 77.9 Å². The van der Waals surface area contributed by atoms with Gasteiger partial charge < -0.3 is 20.8 Å². The van der Waals surface area contributed by atoms with E-state index in [-0.39, 0.29) is 39.6 Å². The molecule has 2 amide bonds. The van der Waals surface area contributed by atoms with Crippen molar-refractivity contribution < 1.29 is 39.6 Å². The van der Waals surface area contributed by atoms with Gasteiger partial charge in [-0.2, -0.15) is 5.10 Å². The van der Waals surface area contributed by atoms with E-state index >= 15 is 0 Å². The van der Waals surface area contributed by atoms with Crippen molar-refractivity contribution in [3.8, 4) is 0 Å². The number of pyridine rings is 2. The van der Waals surface area contributed by atoms with Crippen LogP contribution in [0.2, 0.25) is 0 Å². The number of sulfone groups is 2. The minimum Gasteiger partial charge on any atom is -0.455 e. The molecule has 14 nitrogen and oxygen atoms in total. The Labute approximate surface area is 357 Å². The maximum Gasteiger partial charge on any atom is 0.253 e. The summed E-state index contributed by atoms with van der Waals surface area (Å²) in [5, 5.41) is 14.5. The number of para-hydroxylation sites is 2. The fraction of sp³-hybridized carbons (Fsp3) is 0.0444. The minimum atomic E-state index is -4.07. The predicted octanol–water partition coefficient (Wildman–Crippen LogP) is 7.32. The van der Waals surface area contributed by atoms with E-state index in [0.29, 0.717) is 45.4 Å². The average Bonchev–Trinajstić information content (AvgIpc) is 3.92. The van der Waals surface area contributed by atoms with Crippen molar-refractivity contribution in [2.75, 3.05) is 5.73 Å². The molecule has 0 aliphatic carbocycles. The molecule has 0 saturated heterocycles. The van der Waals surface area contributed by atoms with Crippen molar-refractivity contribution in [2.24, 2.45) is 0 Å². The second-order valence-corrected chi connectivity index (χ2v) is 17.9. The van der Waals surface area contributed by atoms with Crippen LogP contribution in [0.1, 0.15) is 31.8 Å². The van der Waals surface area contributed by atoms with Crippen molar-refractivity contribution in [3.05, 3.63) is 180 Å². The maximum absolute atomic E-state index is 13.4. The number of benzene rings is 5. The molecule has 0 saturated carbocycles. The molecule has 4 aromatic heterocycles. The summed E-state index contributed by atoms with van der Waals surface area (Å²) >= 11 is 0. The number of carbonyl (C=O) groups is 2. The molecule has 63 heavy (non-hydrogen) atoms. The van der Waals surface area contributed by atoms with Crippen LogP contribution in [0.3, 0.4) is 0 Å². The third-order valence-corrected chi connectivity index (χ3v) is 13.3. The van der Waals surface area contributed by atoms with Crippen LogP contribution >= 0.6 is 0 Å². The van der Waals surface area contributed by atoms with Gasteiger partial charge in [0.15, 0.2) is 11.2 Å². The van der Waals surface area contributed by atoms with E-state index in [0.717, 1.165) is 33.9 Å². The highest BCUT2D eigenvalue weighted by Gasteiger charge is 2.24. The number of carbonyl (C=O) groups excluding carboxylic acids is 2. The summed E-state index contributed by atoms with van der Waals surface area (Å²) in [6.07, 6.45) is 4.42. The zero-order chi connectivity index (χ0) is 44.3. The smallest absolute Gasteiger partial charge is 0.253 e. The molecule has 316 valence electrons. The number of nitrogen functional groups attached to an aromatic ring is 1. The van der Waals surface area contributed by atoms with Crippen molar-refractivity contribution in [1.29, 1.82) is 0 Å². The SMILES string of the molecule is Nc1ccc(C(=O)NCc2ccc(S(=O)(=O)c3cc(F)cc(F)c3)cc2)cn1.O=C(NCc1ccc(S(=O)(=O)c2cccc3c2oc2ccccc23)cc1)c1cnc2[nH]ncc2c1. The number of hydrogen-bond donors (Lipinski definition) is 4. The van der Waals surface area contributed by atoms with Gasteiger partial charge in [-0.3, -0.25) is 14.7 Å². The highest BCUT2D eigenvalue weighted by atomic mass is 32.2. The quantitative estimate of drug-likeness (QED) is 0.107. The number of nitrogens with two attached hydrogens (primary N) is 1. The number of nitrogens with one attached hydrogen (secondary N) is 3. The largest absolute Gasteiger partial charge is 0.455 e. The Morgan fingerprint density at radius 3 is 1.87 bits per heavy atom. The normalized spacial score (nSPS) is 11.6. The summed E-state index contributed by atoms with van der Waals surface area (Å²) in [6, 6.07) is 31.5. The highest BCUT2D eigenvalue weighted by molar-refractivity contribution is 7.92. The van der Waals surface area contributed by atoms with Gasteiger partial charge in [-0.25, -0.2) is 35.6 Å².